The Balaban J connectivity index is 0. The molecule has 0 unspecified atom stereocenters. The first-order valence-electron chi connectivity index (χ1n) is 2.98. The molecular weight excluding hydrogens is 188 g/mol. The number of nitrogens with one attached hydrogen (secondary N) is 2. The monoisotopic (exact) mass is 198 g/mol. The second-order valence-corrected chi connectivity index (χ2v) is 1.82. The molecule has 0 bridgehead atoms. The Morgan fingerprint density at radius 3 is 1.58 bits per heavy atom. The molecule has 0 aliphatic heterocycles. The summed E-state index contributed by atoms with van der Waals surface area (Å²) in [5.41, 5.74) is 0. The Kier molecular flexibility index (Phi) is 9.43. The molecule has 12 heavy (non-hydrogen) atoms. The van der Waals surface area contributed by atoms with Crippen molar-refractivity contribution in [2.24, 2.45) is 0 Å². The Morgan fingerprint density at radius 2 is 1.33 bits per heavy atom. The normalized spacial score (nSPS) is 8.67. The highest BCUT2D eigenvalue weighted by atomic mass is 35.5. The van der Waals surface area contributed by atoms with Crippen molar-refractivity contribution < 1.29 is 19.8 Å². The Morgan fingerprint density at radius 1 is 1.00 bits per heavy atom. The number of hydrogen-bond donors (Lipinski definition) is 4. The number of carbonyl (C=O) groups is 2. The lowest BCUT2D eigenvalue weighted by Gasteiger charge is -2.00. The van der Waals surface area contributed by atoms with Crippen LogP contribution in [-0.4, -0.2) is 41.9 Å². The van der Waals surface area contributed by atoms with Gasteiger partial charge in [0.1, 0.15) is 0 Å². The molecule has 72 valence electrons. The molecule has 0 spiro atoms. The Bertz CT molecular complexity index is 136. The second kappa shape index (κ2) is 8.25. The van der Waals surface area contributed by atoms with Gasteiger partial charge >= 0.3 is 11.9 Å². The van der Waals surface area contributed by atoms with Gasteiger partial charge in [-0.15, -0.1) is 12.4 Å². The highest BCUT2D eigenvalue weighted by Gasteiger charge is 1.95. The predicted octanol–water partition coefficient (Wildman–Crippen LogP) is -1.29. The fourth-order valence-corrected chi connectivity index (χ4v) is 0.427. The maximum atomic E-state index is 9.89. The standard InChI is InChI=1S/C5H10N2O4.ClH/c8-4(9)1-6-3-7-2-5(10)11;/h6-7H,1-3H2,(H,8,9)(H,10,11);1H. The molecule has 7 heteroatoms. The van der Waals surface area contributed by atoms with Gasteiger partial charge in [0.15, 0.2) is 0 Å². The van der Waals surface area contributed by atoms with Crippen LogP contribution in [0.5, 0.6) is 0 Å². The summed E-state index contributed by atoms with van der Waals surface area (Å²) in [7, 11) is 0. The molecule has 0 rings (SSSR count). The minimum atomic E-state index is -0.970. The van der Waals surface area contributed by atoms with E-state index < -0.39 is 11.9 Å². The molecule has 0 aromatic heterocycles. The van der Waals surface area contributed by atoms with E-state index in [1.54, 1.807) is 0 Å². The lowest BCUT2D eigenvalue weighted by molar-refractivity contribution is -0.136. The van der Waals surface area contributed by atoms with E-state index in [-0.39, 0.29) is 32.2 Å². The van der Waals surface area contributed by atoms with Crippen LogP contribution in [0.25, 0.3) is 0 Å². The van der Waals surface area contributed by atoms with E-state index in [0.29, 0.717) is 0 Å². The van der Waals surface area contributed by atoms with Crippen LogP contribution in [0.2, 0.25) is 0 Å². The van der Waals surface area contributed by atoms with Gasteiger partial charge < -0.3 is 10.2 Å². The zero-order valence-electron chi connectivity index (χ0n) is 6.24. The maximum absolute atomic E-state index is 9.89. The van der Waals surface area contributed by atoms with Crippen molar-refractivity contribution in [3.8, 4) is 0 Å². The van der Waals surface area contributed by atoms with Crippen molar-refractivity contribution in [3.05, 3.63) is 0 Å². The zero-order valence-corrected chi connectivity index (χ0v) is 7.06. The van der Waals surface area contributed by atoms with Crippen LogP contribution in [0.4, 0.5) is 0 Å². The number of aliphatic carboxylic acids is 2. The lowest BCUT2D eigenvalue weighted by Crippen LogP contribution is -2.35. The third-order valence-electron chi connectivity index (χ3n) is 0.802. The van der Waals surface area contributed by atoms with Crippen molar-refractivity contribution in [1.29, 1.82) is 0 Å². The fourth-order valence-electron chi connectivity index (χ4n) is 0.427. The molecule has 0 aliphatic rings. The first-order valence-corrected chi connectivity index (χ1v) is 2.98. The highest BCUT2D eigenvalue weighted by molar-refractivity contribution is 5.85. The van der Waals surface area contributed by atoms with Crippen LogP contribution in [0.15, 0.2) is 0 Å². The number of rotatable bonds is 6. The van der Waals surface area contributed by atoms with E-state index in [4.69, 9.17) is 10.2 Å². The first kappa shape index (κ1) is 13.7. The van der Waals surface area contributed by atoms with E-state index >= 15 is 0 Å². The molecule has 0 aromatic carbocycles. The van der Waals surface area contributed by atoms with Gasteiger partial charge in [0.25, 0.3) is 0 Å². The molecule has 0 saturated carbocycles. The smallest absolute Gasteiger partial charge is 0.317 e. The van der Waals surface area contributed by atoms with Crippen molar-refractivity contribution in [2.75, 3.05) is 19.8 Å². The summed E-state index contributed by atoms with van der Waals surface area (Å²) in [6, 6.07) is 0. The second-order valence-electron chi connectivity index (χ2n) is 1.82. The van der Waals surface area contributed by atoms with Crippen LogP contribution in [0.1, 0.15) is 0 Å². The quantitative estimate of drug-likeness (QED) is 0.313. The van der Waals surface area contributed by atoms with Gasteiger partial charge in [-0.05, 0) is 0 Å². The van der Waals surface area contributed by atoms with Crippen LogP contribution >= 0.6 is 12.4 Å². The molecule has 0 fully saturated rings. The molecular formula is C5H11ClN2O4. The number of carboxylic acid groups (broad SMARTS) is 2. The maximum Gasteiger partial charge on any atom is 0.317 e. The number of halogens is 1. The topological polar surface area (TPSA) is 98.7 Å². The van der Waals surface area contributed by atoms with E-state index in [1.807, 2.05) is 0 Å². The minimum absolute atomic E-state index is 0. The number of hydrogen-bond acceptors (Lipinski definition) is 4. The molecule has 0 amide bonds. The average molecular weight is 199 g/mol. The van der Waals surface area contributed by atoms with E-state index in [1.165, 1.54) is 0 Å². The summed E-state index contributed by atoms with van der Waals surface area (Å²) in [6.45, 7) is -0.169. The Hall–Kier alpha value is -0.850. The lowest BCUT2D eigenvalue weighted by atomic mass is 10.6. The minimum Gasteiger partial charge on any atom is -0.480 e. The molecule has 0 heterocycles. The van der Waals surface area contributed by atoms with E-state index in [2.05, 4.69) is 10.6 Å². The molecule has 6 nitrogen and oxygen atoms in total. The predicted molar refractivity (Wildman–Crippen MR) is 43.4 cm³/mol. The Labute approximate surface area is 75.4 Å². The van der Waals surface area contributed by atoms with Crippen LogP contribution in [0.3, 0.4) is 0 Å². The SMILES string of the molecule is Cl.O=C(O)CNCNCC(=O)O. The third kappa shape index (κ3) is 11.9. The molecule has 0 aromatic rings. The summed E-state index contributed by atoms with van der Waals surface area (Å²) < 4.78 is 0. The first-order chi connectivity index (χ1) is 5.13. The van der Waals surface area contributed by atoms with Gasteiger partial charge in [-0.25, -0.2) is 0 Å². The van der Waals surface area contributed by atoms with Gasteiger partial charge in [0, 0.05) is 6.67 Å². The molecule has 0 saturated heterocycles. The summed E-state index contributed by atoms with van der Waals surface area (Å²) in [5, 5.41) is 21.2. The largest absolute Gasteiger partial charge is 0.480 e. The summed E-state index contributed by atoms with van der Waals surface area (Å²) in [6.07, 6.45) is 0. The summed E-state index contributed by atoms with van der Waals surface area (Å²) in [4.78, 5) is 19.8. The van der Waals surface area contributed by atoms with Gasteiger partial charge in [-0.1, -0.05) is 0 Å². The van der Waals surface area contributed by atoms with Crippen molar-refractivity contribution >= 4 is 24.3 Å². The summed E-state index contributed by atoms with van der Waals surface area (Å²) >= 11 is 0. The molecule has 4 N–H and O–H groups in total. The number of carboxylic acids is 2. The third-order valence-corrected chi connectivity index (χ3v) is 0.802. The van der Waals surface area contributed by atoms with Crippen molar-refractivity contribution in [2.45, 2.75) is 0 Å². The van der Waals surface area contributed by atoms with Gasteiger partial charge in [-0.2, -0.15) is 0 Å². The zero-order chi connectivity index (χ0) is 8.69. The molecule has 0 atom stereocenters. The van der Waals surface area contributed by atoms with E-state index in [9.17, 15) is 9.59 Å². The van der Waals surface area contributed by atoms with Gasteiger partial charge in [0.2, 0.25) is 0 Å². The van der Waals surface area contributed by atoms with Crippen LogP contribution in [-0.2, 0) is 9.59 Å². The van der Waals surface area contributed by atoms with E-state index in [0.717, 1.165) is 0 Å². The fraction of sp³-hybridized carbons (Fsp3) is 0.600. The van der Waals surface area contributed by atoms with Crippen molar-refractivity contribution in [3.63, 3.8) is 0 Å². The summed E-state index contributed by atoms with van der Waals surface area (Å²) in [5.74, 6) is -1.94. The molecule has 0 radical (unpaired) electrons. The van der Waals surface area contributed by atoms with Crippen LogP contribution in [0, 0.1) is 0 Å². The average Bonchev–Trinajstić information content (AvgIpc) is 1.85. The van der Waals surface area contributed by atoms with Gasteiger partial charge in [-0.3, -0.25) is 20.2 Å². The van der Waals surface area contributed by atoms with Crippen LogP contribution < -0.4 is 10.6 Å². The highest BCUT2D eigenvalue weighted by Crippen LogP contribution is 1.60. The molecule has 0 aliphatic carbocycles. The van der Waals surface area contributed by atoms with Crippen molar-refractivity contribution in [1.82, 2.24) is 10.6 Å². The van der Waals surface area contributed by atoms with Gasteiger partial charge in [0.05, 0.1) is 13.1 Å².